The molecule has 0 radical (unpaired) electrons. The van der Waals surface area contributed by atoms with Crippen LogP contribution in [0, 0.1) is 6.92 Å². The molecule has 3 nitrogen and oxygen atoms in total. The molecule has 0 aliphatic rings. The Bertz CT molecular complexity index is 523. The zero-order chi connectivity index (χ0) is 14.2. The number of aliphatic hydroxyl groups is 1. The first-order valence-corrected chi connectivity index (χ1v) is 6.87. The van der Waals surface area contributed by atoms with E-state index in [1.807, 2.05) is 42.5 Å². The predicted octanol–water partition coefficient (Wildman–Crippen LogP) is 2.66. The topological polar surface area (TPSA) is 41.5 Å². The van der Waals surface area contributed by atoms with Crippen LogP contribution in [0.3, 0.4) is 0 Å². The van der Waals surface area contributed by atoms with Crippen LogP contribution < -0.4 is 10.1 Å². The van der Waals surface area contributed by atoms with Crippen molar-refractivity contribution in [2.24, 2.45) is 0 Å². The number of hydrogen-bond donors (Lipinski definition) is 2. The van der Waals surface area contributed by atoms with Crippen molar-refractivity contribution in [2.75, 3.05) is 13.2 Å². The van der Waals surface area contributed by atoms with E-state index in [-0.39, 0.29) is 6.61 Å². The third kappa shape index (κ3) is 4.68. The number of nitrogens with one attached hydrogen (secondary N) is 1. The molecule has 0 aliphatic carbocycles. The molecule has 2 aromatic rings. The zero-order valence-corrected chi connectivity index (χ0v) is 11.8. The van der Waals surface area contributed by atoms with Gasteiger partial charge in [0.15, 0.2) is 0 Å². The van der Waals surface area contributed by atoms with Gasteiger partial charge < -0.3 is 15.2 Å². The van der Waals surface area contributed by atoms with Crippen molar-refractivity contribution in [3.8, 4) is 5.75 Å². The van der Waals surface area contributed by atoms with Crippen molar-refractivity contribution in [1.29, 1.82) is 0 Å². The fourth-order valence-electron chi connectivity index (χ4n) is 1.94. The summed E-state index contributed by atoms with van der Waals surface area (Å²) in [5.41, 5.74) is 3.36. The van der Waals surface area contributed by atoms with Crippen LogP contribution in [0.5, 0.6) is 5.75 Å². The Hall–Kier alpha value is -1.84. The van der Waals surface area contributed by atoms with E-state index in [9.17, 15) is 0 Å². The molecule has 3 heteroatoms. The SMILES string of the molecule is Cc1cccc(OCCNCc2ccc(CO)cc2)c1. The molecule has 0 bridgehead atoms. The van der Waals surface area contributed by atoms with Crippen molar-refractivity contribution in [3.05, 3.63) is 65.2 Å². The molecule has 2 N–H and O–H groups in total. The van der Waals surface area contributed by atoms with Crippen LogP contribution in [0.25, 0.3) is 0 Å². The van der Waals surface area contributed by atoms with Crippen LogP contribution in [0.1, 0.15) is 16.7 Å². The standard InChI is InChI=1S/C17H21NO2/c1-14-3-2-4-17(11-14)20-10-9-18-12-15-5-7-16(13-19)8-6-15/h2-8,11,18-19H,9-10,12-13H2,1H3. The second kappa shape index (κ2) is 7.68. The smallest absolute Gasteiger partial charge is 0.119 e. The van der Waals surface area contributed by atoms with Crippen molar-refractivity contribution in [2.45, 2.75) is 20.1 Å². The summed E-state index contributed by atoms with van der Waals surface area (Å²) < 4.78 is 5.67. The van der Waals surface area contributed by atoms with E-state index >= 15 is 0 Å². The molecule has 0 aliphatic heterocycles. The van der Waals surface area contributed by atoms with Crippen LogP contribution in [0.4, 0.5) is 0 Å². The Balaban J connectivity index is 1.66. The second-order valence-electron chi connectivity index (χ2n) is 4.82. The van der Waals surface area contributed by atoms with E-state index in [0.717, 1.165) is 24.4 Å². The van der Waals surface area contributed by atoms with E-state index in [0.29, 0.717) is 6.61 Å². The largest absolute Gasteiger partial charge is 0.492 e. The van der Waals surface area contributed by atoms with E-state index in [4.69, 9.17) is 9.84 Å². The first-order chi connectivity index (χ1) is 9.78. The Morgan fingerprint density at radius 1 is 1.05 bits per heavy atom. The minimum absolute atomic E-state index is 0.0953. The minimum atomic E-state index is 0.0953. The number of benzene rings is 2. The van der Waals surface area contributed by atoms with E-state index in [1.165, 1.54) is 11.1 Å². The van der Waals surface area contributed by atoms with Gasteiger partial charge in [-0.2, -0.15) is 0 Å². The number of ether oxygens (including phenoxy) is 1. The lowest BCUT2D eigenvalue weighted by Gasteiger charge is -2.08. The summed E-state index contributed by atoms with van der Waals surface area (Å²) in [5.74, 6) is 0.916. The van der Waals surface area contributed by atoms with Gasteiger partial charge in [-0.3, -0.25) is 0 Å². The number of hydrogen-bond acceptors (Lipinski definition) is 3. The Kier molecular flexibility index (Phi) is 5.59. The molecule has 0 spiro atoms. The van der Waals surface area contributed by atoms with E-state index < -0.39 is 0 Å². The van der Waals surface area contributed by atoms with E-state index in [2.05, 4.69) is 18.3 Å². The lowest BCUT2D eigenvalue weighted by molar-refractivity contribution is 0.282. The summed E-state index contributed by atoms with van der Waals surface area (Å²) in [6.45, 7) is 4.41. The summed E-state index contributed by atoms with van der Waals surface area (Å²) in [5, 5.41) is 12.3. The van der Waals surface area contributed by atoms with Gasteiger partial charge in [-0.25, -0.2) is 0 Å². The van der Waals surface area contributed by atoms with Gasteiger partial charge in [0.1, 0.15) is 12.4 Å². The van der Waals surface area contributed by atoms with Gasteiger partial charge in [-0.1, -0.05) is 36.4 Å². The third-order valence-corrected chi connectivity index (χ3v) is 3.07. The molecule has 0 atom stereocenters. The van der Waals surface area contributed by atoms with Gasteiger partial charge in [0.05, 0.1) is 6.61 Å². The molecular formula is C17H21NO2. The van der Waals surface area contributed by atoms with Crippen LogP contribution in [-0.4, -0.2) is 18.3 Å². The second-order valence-corrected chi connectivity index (χ2v) is 4.82. The van der Waals surface area contributed by atoms with Crippen LogP contribution >= 0.6 is 0 Å². The van der Waals surface area contributed by atoms with Crippen LogP contribution in [-0.2, 0) is 13.2 Å². The molecule has 0 saturated carbocycles. The number of aliphatic hydroxyl groups excluding tert-OH is 1. The van der Waals surface area contributed by atoms with Gasteiger partial charge in [-0.15, -0.1) is 0 Å². The molecule has 2 aromatic carbocycles. The van der Waals surface area contributed by atoms with Crippen molar-refractivity contribution >= 4 is 0 Å². The first kappa shape index (κ1) is 14.6. The van der Waals surface area contributed by atoms with Crippen LogP contribution in [0.15, 0.2) is 48.5 Å². The Morgan fingerprint density at radius 3 is 2.50 bits per heavy atom. The Morgan fingerprint density at radius 2 is 1.80 bits per heavy atom. The summed E-state index contributed by atoms with van der Waals surface area (Å²) in [7, 11) is 0. The molecule has 2 rings (SSSR count). The Labute approximate surface area is 120 Å². The van der Waals surface area contributed by atoms with Crippen LogP contribution in [0.2, 0.25) is 0 Å². The zero-order valence-electron chi connectivity index (χ0n) is 11.8. The fraction of sp³-hybridized carbons (Fsp3) is 0.294. The normalized spacial score (nSPS) is 10.5. The summed E-state index contributed by atoms with van der Waals surface area (Å²) in [6.07, 6.45) is 0. The quantitative estimate of drug-likeness (QED) is 0.761. The molecular weight excluding hydrogens is 250 g/mol. The summed E-state index contributed by atoms with van der Waals surface area (Å²) in [4.78, 5) is 0. The first-order valence-electron chi connectivity index (χ1n) is 6.87. The van der Waals surface area contributed by atoms with Crippen molar-refractivity contribution in [1.82, 2.24) is 5.32 Å². The molecule has 0 unspecified atom stereocenters. The maximum absolute atomic E-state index is 8.97. The molecule has 0 aromatic heterocycles. The fourth-order valence-corrected chi connectivity index (χ4v) is 1.94. The van der Waals surface area contributed by atoms with Gasteiger partial charge in [0, 0.05) is 13.1 Å². The monoisotopic (exact) mass is 271 g/mol. The lowest BCUT2D eigenvalue weighted by atomic mass is 10.1. The predicted molar refractivity (Wildman–Crippen MR) is 80.7 cm³/mol. The third-order valence-electron chi connectivity index (χ3n) is 3.07. The number of aryl methyl sites for hydroxylation is 1. The molecule has 0 heterocycles. The summed E-state index contributed by atoms with van der Waals surface area (Å²) >= 11 is 0. The minimum Gasteiger partial charge on any atom is -0.492 e. The molecule has 20 heavy (non-hydrogen) atoms. The van der Waals surface area contributed by atoms with Gasteiger partial charge in [0.2, 0.25) is 0 Å². The van der Waals surface area contributed by atoms with Gasteiger partial charge in [0.25, 0.3) is 0 Å². The lowest BCUT2D eigenvalue weighted by Crippen LogP contribution is -2.20. The molecule has 106 valence electrons. The summed E-state index contributed by atoms with van der Waals surface area (Å²) in [6, 6.07) is 16.0. The number of rotatable bonds is 7. The molecule has 0 fully saturated rings. The van der Waals surface area contributed by atoms with E-state index in [1.54, 1.807) is 0 Å². The van der Waals surface area contributed by atoms with Crippen molar-refractivity contribution < 1.29 is 9.84 Å². The maximum atomic E-state index is 8.97. The highest BCUT2D eigenvalue weighted by Gasteiger charge is 1.96. The highest BCUT2D eigenvalue weighted by atomic mass is 16.5. The van der Waals surface area contributed by atoms with Gasteiger partial charge >= 0.3 is 0 Å². The van der Waals surface area contributed by atoms with Crippen molar-refractivity contribution in [3.63, 3.8) is 0 Å². The highest BCUT2D eigenvalue weighted by Crippen LogP contribution is 2.11. The average Bonchev–Trinajstić information content (AvgIpc) is 2.48. The highest BCUT2D eigenvalue weighted by molar-refractivity contribution is 5.27. The molecule has 0 amide bonds. The average molecular weight is 271 g/mol. The van der Waals surface area contributed by atoms with Gasteiger partial charge in [-0.05, 0) is 35.7 Å². The maximum Gasteiger partial charge on any atom is 0.119 e. The molecule has 0 saturated heterocycles.